The highest BCUT2D eigenvalue weighted by atomic mass is 16.1. The summed E-state index contributed by atoms with van der Waals surface area (Å²) in [6.45, 7) is 6.88. The molecule has 3 heteroatoms. The van der Waals surface area contributed by atoms with E-state index in [0.29, 0.717) is 12.2 Å². The number of nitrogens with one attached hydrogen (secondary N) is 1. The Bertz CT molecular complexity index is 201. The molecular weight excluding hydrogens is 176 g/mol. The van der Waals surface area contributed by atoms with Gasteiger partial charge >= 0.3 is 0 Å². The first kappa shape index (κ1) is 11.7. The minimum Gasteiger partial charge on any atom is -0.304 e. The number of Topliss-reactive ketones (excluding diaryl/α,β-unsaturated/α-hetero) is 1. The third-order valence-electron chi connectivity index (χ3n) is 3.05. The Balaban J connectivity index is 2.74. The number of hydrogen-bond donors (Lipinski definition) is 1. The standard InChI is InChI=1S/C11H22N2O/c1-4-10(14)11(12-5-2)7-6-8-13(3)9-11/h12H,4-9H2,1-3H3. The summed E-state index contributed by atoms with van der Waals surface area (Å²) in [6, 6.07) is 0. The molecule has 0 saturated carbocycles. The van der Waals surface area contributed by atoms with E-state index in [1.807, 2.05) is 6.92 Å². The van der Waals surface area contributed by atoms with Crippen molar-refractivity contribution in [3.05, 3.63) is 0 Å². The van der Waals surface area contributed by atoms with E-state index in [0.717, 1.165) is 32.5 Å². The van der Waals surface area contributed by atoms with Crippen LogP contribution in [0.4, 0.5) is 0 Å². The summed E-state index contributed by atoms with van der Waals surface area (Å²) in [5.41, 5.74) is -0.253. The van der Waals surface area contributed by atoms with Crippen molar-refractivity contribution in [3.8, 4) is 0 Å². The van der Waals surface area contributed by atoms with Gasteiger partial charge in [0.15, 0.2) is 5.78 Å². The molecule has 3 nitrogen and oxygen atoms in total. The second-order valence-corrected chi connectivity index (χ2v) is 4.23. The van der Waals surface area contributed by atoms with E-state index in [2.05, 4.69) is 24.2 Å². The highest BCUT2D eigenvalue weighted by Gasteiger charge is 2.38. The fraction of sp³-hybridized carbons (Fsp3) is 0.909. The van der Waals surface area contributed by atoms with Crippen LogP contribution in [0.3, 0.4) is 0 Å². The van der Waals surface area contributed by atoms with E-state index in [-0.39, 0.29) is 5.54 Å². The lowest BCUT2D eigenvalue weighted by molar-refractivity contribution is -0.127. The molecule has 82 valence electrons. The second-order valence-electron chi connectivity index (χ2n) is 4.23. The van der Waals surface area contributed by atoms with Crippen LogP contribution in [0, 0.1) is 0 Å². The third-order valence-corrected chi connectivity index (χ3v) is 3.05. The number of carbonyl (C=O) groups is 1. The minimum absolute atomic E-state index is 0.253. The number of piperidine rings is 1. The first-order valence-electron chi connectivity index (χ1n) is 5.61. The van der Waals surface area contributed by atoms with Crippen LogP contribution in [0.15, 0.2) is 0 Å². The predicted molar refractivity (Wildman–Crippen MR) is 58.4 cm³/mol. The van der Waals surface area contributed by atoms with Gasteiger partial charge in [0.1, 0.15) is 0 Å². The quantitative estimate of drug-likeness (QED) is 0.732. The maximum Gasteiger partial charge on any atom is 0.153 e. The molecule has 1 fully saturated rings. The van der Waals surface area contributed by atoms with Crippen molar-refractivity contribution in [2.45, 2.75) is 38.6 Å². The molecule has 0 aromatic carbocycles. The van der Waals surface area contributed by atoms with Gasteiger partial charge in [-0.15, -0.1) is 0 Å². The highest BCUT2D eigenvalue weighted by molar-refractivity contribution is 5.88. The van der Waals surface area contributed by atoms with E-state index >= 15 is 0 Å². The summed E-state index contributed by atoms with van der Waals surface area (Å²) >= 11 is 0. The molecule has 1 N–H and O–H groups in total. The van der Waals surface area contributed by atoms with Crippen LogP contribution >= 0.6 is 0 Å². The predicted octanol–water partition coefficient (Wildman–Crippen LogP) is 1.04. The summed E-state index contributed by atoms with van der Waals surface area (Å²) in [5, 5.41) is 3.39. The van der Waals surface area contributed by atoms with E-state index in [9.17, 15) is 4.79 Å². The maximum absolute atomic E-state index is 11.9. The fourth-order valence-electron chi connectivity index (χ4n) is 2.42. The smallest absolute Gasteiger partial charge is 0.153 e. The number of ketones is 1. The molecule has 0 aliphatic carbocycles. The van der Waals surface area contributed by atoms with Crippen molar-refractivity contribution >= 4 is 5.78 Å². The SMILES string of the molecule is CCNC1(C(=O)CC)CCCN(C)C1. The Hall–Kier alpha value is -0.410. The summed E-state index contributed by atoms with van der Waals surface area (Å²) in [6.07, 6.45) is 2.76. The number of carbonyl (C=O) groups excluding carboxylic acids is 1. The van der Waals surface area contributed by atoms with Crippen molar-refractivity contribution in [3.63, 3.8) is 0 Å². The van der Waals surface area contributed by atoms with Gasteiger partial charge < -0.3 is 10.2 Å². The van der Waals surface area contributed by atoms with Crippen LogP contribution in [0.2, 0.25) is 0 Å². The summed E-state index contributed by atoms with van der Waals surface area (Å²) in [4.78, 5) is 14.2. The van der Waals surface area contributed by atoms with E-state index in [4.69, 9.17) is 0 Å². The Morgan fingerprint density at radius 1 is 1.50 bits per heavy atom. The molecule has 0 aromatic rings. The maximum atomic E-state index is 11.9. The third kappa shape index (κ3) is 2.34. The van der Waals surface area contributed by atoms with Gasteiger partial charge in [-0.1, -0.05) is 13.8 Å². The van der Waals surface area contributed by atoms with Crippen LogP contribution in [0.5, 0.6) is 0 Å². The zero-order valence-corrected chi connectivity index (χ0v) is 9.60. The number of rotatable bonds is 4. The zero-order chi connectivity index (χ0) is 10.6. The minimum atomic E-state index is -0.253. The number of likely N-dealkylation sites (N-methyl/N-ethyl adjacent to an activating group) is 2. The molecule has 0 amide bonds. The summed E-state index contributed by atoms with van der Waals surface area (Å²) in [5.74, 6) is 0.367. The van der Waals surface area contributed by atoms with E-state index < -0.39 is 0 Å². The van der Waals surface area contributed by atoms with Gasteiger partial charge in [-0.05, 0) is 33.0 Å². The van der Waals surface area contributed by atoms with Gasteiger partial charge in [0.25, 0.3) is 0 Å². The van der Waals surface area contributed by atoms with Crippen LogP contribution in [-0.2, 0) is 4.79 Å². The average Bonchev–Trinajstić information content (AvgIpc) is 2.17. The monoisotopic (exact) mass is 198 g/mol. The molecule has 0 spiro atoms. The van der Waals surface area contributed by atoms with Crippen molar-refractivity contribution in [2.24, 2.45) is 0 Å². The number of nitrogens with zero attached hydrogens (tertiary/aromatic N) is 1. The Labute approximate surface area is 86.9 Å². The summed E-state index contributed by atoms with van der Waals surface area (Å²) < 4.78 is 0. The first-order chi connectivity index (χ1) is 6.64. The molecule has 1 saturated heterocycles. The van der Waals surface area contributed by atoms with Crippen LogP contribution in [0.25, 0.3) is 0 Å². The van der Waals surface area contributed by atoms with Gasteiger partial charge in [-0.3, -0.25) is 4.79 Å². The van der Waals surface area contributed by atoms with Crippen molar-refractivity contribution in [1.29, 1.82) is 0 Å². The fourth-order valence-corrected chi connectivity index (χ4v) is 2.42. The molecule has 1 aliphatic heterocycles. The topological polar surface area (TPSA) is 32.3 Å². The largest absolute Gasteiger partial charge is 0.304 e. The first-order valence-corrected chi connectivity index (χ1v) is 5.61. The van der Waals surface area contributed by atoms with Crippen molar-refractivity contribution in [2.75, 3.05) is 26.7 Å². The lowest BCUT2D eigenvalue weighted by Crippen LogP contribution is -2.60. The van der Waals surface area contributed by atoms with Crippen LogP contribution in [0.1, 0.15) is 33.1 Å². The van der Waals surface area contributed by atoms with Gasteiger partial charge in [-0.25, -0.2) is 0 Å². The highest BCUT2D eigenvalue weighted by Crippen LogP contribution is 2.22. The number of likely N-dealkylation sites (tertiary alicyclic amines) is 1. The van der Waals surface area contributed by atoms with Crippen LogP contribution in [-0.4, -0.2) is 42.9 Å². The van der Waals surface area contributed by atoms with E-state index in [1.165, 1.54) is 0 Å². The Morgan fingerprint density at radius 2 is 2.21 bits per heavy atom. The summed E-state index contributed by atoms with van der Waals surface area (Å²) in [7, 11) is 2.09. The molecule has 0 radical (unpaired) electrons. The number of hydrogen-bond acceptors (Lipinski definition) is 3. The van der Waals surface area contributed by atoms with Gasteiger partial charge in [-0.2, -0.15) is 0 Å². The Morgan fingerprint density at radius 3 is 2.71 bits per heavy atom. The Kier molecular flexibility index (Phi) is 4.08. The molecule has 1 atom stereocenters. The molecule has 14 heavy (non-hydrogen) atoms. The molecule has 1 unspecified atom stereocenters. The van der Waals surface area contributed by atoms with Gasteiger partial charge in [0.2, 0.25) is 0 Å². The normalized spacial score (nSPS) is 29.1. The molecule has 0 bridgehead atoms. The van der Waals surface area contributed by atoms with Crippen molar-refractivity contribution in [1.82, 2.24) is 10.2 Å². The van der Waals surface area contributed by atoms with E-state index in [1.54, 1.807) is 0 Å². The van der Waals surface area contributed by atoms with Gasteiger partial charge in [0.05, 0.1) is 5.54 Å². The average molecular weight is 198 g/mol. The molecule has 1 heterocycles. The lowest BCUT2D eigenvalue weighted by atomic mass is 9.84. The van der Waals surface area contributed by atoms with Crippen LogP contribution < -0.4 is 5.32 Å². The molecule has 1 aliphatic rings. The zero-order valence-electron chi connectivity index (χ0n) is 9.60. The molecule has 1 rings (SSSR count). The second kappa shape index (κ2) is 4.89. The van der Waals surface area contributed by atoms with Gasteiger partial charge in [0, 0.05) is 13.0 Å². The molecular formula is C11H22N2O. The molecule has 0 aromatic heterocycles. The van der Waals surface area contributed by atoms with Crippen molar-refractivity contribution < 1.29 is 4.79 Å². The lowest BCUT2D eigenvalue weighted by Gasteiger charge is -2.40.